The fourth-order valence-corrected chi connectivity index (χ4v) is 3.04. The second-order valence-electron chi connectivity index (χ2n) is 5.46. The van der Waals surface area contributed by atoms with Gasteiger partial charge < -0.3 is 4.57 Å². The highest BCUT2D eigenvalue weighted by Gasteiger charge is 2.16. The normalized spacial score (nSPS) is 13.0. The van der Waals surface area contributed by atoms with E-state index in [4.69, 9.17) is 16.6 Å². The summed E-state index contributed by atoms with van der Waals surface area (Å²) in [4.78, 5) is 4.86. The Morgan fingerprint density at radius 3 is 2.64 bits per heavy atom. The first-order chi connectivity index (χ1) is 10.8. The van der Waals surface area contributed by atoms with E-state index in [2.05, 4.69) is 59.3 Å². The summed E-state index contributed by atoms with van der Waals surface area (Å²) in [6.07, 6.45) is 2.92. The van der Waals surface area contributed by atoms with Crippen LogP contribution in [0.1, 0.15) is 16.8 Å². The van der Waals surface area contributed by atoms with Crippen molar-refractivity contribution in [2.24, 2.45) is 4.99 Å². The molecule has 3 aromatic rings. The van der Waals surface area contributed by atoms with Gasteiger partial charge in [-0.15, -0.1) is 0 Å². The predicted molar refractivity (Wildman–Crippen MR) is 91.2 cm³/mol. The van der Waals surface area contributed by atoms with Gasteiger partial charge in [0.1, 0.15) is 0 Å². The van der Waals surface area contributed by atoms with Crippen LogP contribution in [0.5, 0.6) is 0 Å². The first kappa shape index (κ1) is 13.4. The number of para-hydroxylation sites is 1. The van der Waals surface area contributed by atoms with Crippen molar-refractivity contribution in [3.8, 4) is 5.69 Å². The van der Waals surface area contributed by atoms with Crippen LogP contribution in [0, 0.1) is 0 Å². The molecule has 2 aromatic carbocycles. The Balaban J connectivity index is 1.76. The lowest BCUT2D eigenvalue weighted by Gasteiger charge is -2.10. The van der Waals surface area contributed by atoms with Gasteiger partial charge in [0.05, 0.1) is 23.6 Å². The minimum atomic E-state index is 0.723. The zero-order chi connectivity index (χ0) is 14.9. The molecule has 108 valence electrons. The summed E-state index contributed by atoms with van der Waals surface area (Å²) in [7, 11) is 0. The molecule has 0 N–H and O–H groups in total. The van der Waals surface area contributed by atoms with Gasteiger partial charge in [-0.3, -0.25) is 4.99 Å². The van der Waals surface area contributed by atoms with Gasteiger partial charge in [-0.1, -0.05) is 41.9 Å². The summed E-state index contributed by atoms with van der Waals surface area (Å²) in [5, 5.41) is 0.766. The van der Waals surface area contributed by atoms with Gasteiger partial charge in [-0.2, -0.15) is 0 Å². The molecule has 1 aliphatic heterocycles. The van der Waals surface area contributed by atoms with E-state index in [0.717, 1.165) is 23.7 Å². The number of fused-ring (bicyclic) bond motifs is 3. The summed E-state index contributed by atoms with van der Waals surface area (Å²) in [5.74, 6) is 0. The van der Waals surface area contributed by atoms with E-state index >= 15 is 0 Å². The van der Waals surface area contributed by atoms with Gasteiger partial charge >= 0.3 is 0 Å². The van der Waals surface area contributed by atoms with Crippen LogP contribution in [0.2, 0.25) is 5.02 Å². The quantitative estimate of drug-likeness (QED) is 0.654. The largest absolute Gasteiger partial charge is 0.315 e. The molecule has 0 fully saturated rings. The Bertz CT molecular complexity index is 844. The number of rotatable bonds is 2. The maximum atomic E-state index is 5.97. The van der Waals surface area contributed by atoms with Gasteiger partial charge in [0, 0.05) is 17.6 Å². The lowest BCUT2D eigenvalue weighted by atomic mass is 10.1. The molecule has 0 radical (unpaired) electrons. The molecular formula is C19H15ClN2. The molecule has 0 bridgehead atoms. The van der Waals surface area contributed by atoms with Crippen LogP contribution in [-0.2, 0) is 13.0 Å². The molecule has 2 nitrogen and oxygen atoms in total. The highest BCUT2D eigenvalue weighted by molar-refractivity contribution is 6.30. The number of nitrogens with zero attached hydrogens (tertiary/aromatic N) is 2. The summed E-state index contributed by atoms with van der Waals surface area (Å²) in [5.41, 5.74) is 5.98. The summed E-state index contributed by atoms with van der Waals surface area (Å²) < 4.78 is 2.23. The summed E-state index contributed by atoms with van der Waals surface area (Å²) in [6, 6.07) is 20.7. The summed E-state index contributed by atoms with van der Waals surface area (Å²) in [6.45, 7) is 0.723. The Hall–Kier alpha value is -2.32. The predicted octanol–water partition coefficient (Wildman–Crippen LogP) is 4.68. The van der Waals surface area contributed by atoms with Crippen LogP contribution in [0.3, 0.4) is 0 Å². The second-order valence-corrected chi connectivity index (χ2v) is 5.89. The molecule has 1 aliphatic rings. The Morgan fingerprint density at radius 1 is 0.955 bits per heavy atom. The zero-order valence-electron chi connectivity index (χ0n) is 12.0. The van der Waals surface area contributed by atoms with Gasteiger partial charge in [0.15, 0.2) is 0 Å². The third kappa shape index (κ3) is 2.36. The molecule has 0 atom stereocenters. The Labute approximate surface area is 134 Å². The average Bonchev–Trinajstić information content (AvgIpc) is 2.98. The molecule has 1 aromatic heterocycles. The smallest absolute Gasteiger partial charge is 0.0670 e. The standard InChI is InChI=1S/C19H15ClN2/c20-16-9-7-14(8-10-16)12-17-19-6-3-11-22(19)18-5-2-1-4-15(18)13-21-17/h1-11H,12-13H2. The SMILES string of the molecule is Clc1ccc(CC2=NCc3ccccc3-n3cccc32)cc1. The van der Waals surface area contributed by atoms with Crippen molar-refractivity contribution in [2.45, 2.75) is 13.0 Å². The molecule has 0 spiro atoms. The number of benzene rings is 2. The van der Waals surface area contributed by atoms with E-state index in [9.17, 15) is 0 Å². The molecule has 4 rings (SSSR count). The maximum absolute atomic E-state index is 5.97. The first-order valence-corrected chi connectivity index (χ1v) is 7.73. The minimum Gasteiger partial charge on any atom is -0.315 e. The van der Waals surface area contributed by atoms with Crippen LogP contribution in [0.4, 0.5) is 0 Å². The van der Waals surface area contributed by atoms with Gasteiger partial charge in [-0.05, 0) is 41.5 Å². The van der Waals surface area contributed by atoms with Crippen molar-refractivity contribution in [1.82, 2.24) is 4.57 Å². The highest BCUT2D eigenvalue weighted by atomic mass is 35.5. The number of aromatic nitrogens is 1. The van der Waals surface area contributed by atoms with Gasteiger partial charge in [0.25, 0.3) is 0 Å². The van der Waals surface area contributed by atoms with Crippen molar-refractivity contribution >= 4 is 17.3 Å². The monoisotopic (exact) mass is 306 g/mol. The first-order valence-electron chi connectivity index (χ1n) is 7.35. The highest BCUT2D eigenvalue weighted by Crippen LogP contribution is 2.24. The Morgan fingerprint density at radius 2 is 1.77 bits per heavy atom. The van der Waals surface area contributed by atoms with Crippen molar-refractivity contribution in [3.05, 3.63) is 88.7 Å². The number of hydrogen-bond donors (Lipinski definition) is 0. The van der Waals surface area contributed by atoms with Crippen molar-refractivity contribution in [3.63, 3.8) is 0 Å². The topological polar surface area (TPSA) is 17.3 Å². The van der Waals surface area contributed by atoms with E-state index in [0.29, 0.717) is 0 Å². The van der Waals surface area contributed by atoms with E-state index in [1.54, 1.807) is 0 Å². The van der Waals surface area contributed by atoms with E-state index in [1.165, 1.54) is 22.5 Å². The molecule has 0 unspecified atom stereocenters. The third-order valence-electron chi connectivity index (χ3n) is 4.02. The Kier molecular flexibility index (Phi) is 3.32. The van der Waals surface area contributed by atoms with Crippen LogP contribution in [0.25, 0.3) is 5.69 Å². The van der Waals surface area contributed by atoms with E-state index in [-0.39, 0.29) is 0 Å². The average molecular weight is 307 g/mol. The van der Waals surface area contributed by atoms with Crippen molar-refractivity contribution < 1.29 is 0 Å². The van der Waals surface area contributed by atoms with Crippen LogP contribution >= 0.6 is 11.6 Å². The summed E-state index contributed by atoms with van der Waals surface area (Å²) >= 11 is 5.97. The maximum Gasteiger partial charge on any atom is 0.0670 e. The van der Waals surface area contributed by atoms with E-state index in [1.807, 2.05) is 12.1 Å². The van der Waals surface area contributed by atoms with Crippen molar-refractivity contribution in [2.75, 3.05) is 0 Å². The fraction of sp³-hybridized carbons (Fsp3) is 0.105. The van der Waals surface area contributed by atoms with Crippen molar-refractivity contribution in [1.29, 1.82) is 0 Å². The molecular weight excluding hydrogens is 292 g/mol. The molecule has 0 saturated heterocycles. The number of aliphatic imine (C=N–C) groups is 1. The number of halogens is 1. The number of hydrogen-bond acceptors (Lipinski definition) is 1. The molecule has 3 heteroatoms. The molecule has 0 saturated carbocycles. The van der Waals surface area contributed by atoms with Gasteiger partial charge in [0.2, 0.25) is 0 Å². The lowest BCUT2D eigenvalue weighted by molar-refractivity contribution is 1.02. The zero-order valence-corrected chi connectivity index (χ0v) is 12.8. The third-order valence-corrected chi connectivity index (χ3v) is 4.27. The lowest BCUT2D eigenvalue weighted by Crippen LogP contribution is -2.09. The van der Waals surface area contributed by atoms with Crippen LogP contribution in [0.15, 0.2) is 71.9 Å². The second kappa shape index (κ2) is 5.47. The fourth-order valence-electron chi connectivity index (χ4n) is 2.91. The van der Waals surface area contributed by atoms with Crippen LogP contribution < -0.4 is 0 Å². The molecule has 0 aliphatic carbocycles. The minimum absolute atomic E-state index is 0.723. The molecule has 22 heavy (non-hydrogen) atoms. The van der Waals surface area contributed by atoms with Crippen LogP contribution in [-0.4, -0.2) is 10.3 Å². The van der Waals surface area contributed by atoms with E-state index < -0.39 is 0 Å². The van der Waals surface area contributed by atoms with Gasteiger partial charge in [-0.25, -0.2) is 0 Å². The molecule has 0 amide bonds. The molecule has 2 heterocycles.